The summed E-state index contributed by atoms with van der Waals surface area (Å²) < 4.78 is 13.2. The van der Waals surface area contributed by atoms with Crippen molar-refractivity contribution in [3.8, 4) is 0 Å². The molecule has 98 valence electrons. The molecular weight excluding hydrogens is 233 g/mol. The molecule has 4 nitrogen and oxygen atoms in total. The van der Waals surface area contributed by atoms with E-state index in [2.05, 4.69) is 0 Å². The van der Waals surface area contributed by atoms with E-state index < -0.39 is 6.03 Å². The monoisotopic (exact) mass is 251 g/mol. The van der Waals surface area contributed by atoms with Gasteiger partial charge in [-0.3, -0.25) is 0 Å². The summed E-state index contributed by atoms with van der Waals surface area (Å²) in [6, 6.07) is 4.05. The van der Waals surface area contributed by atoms with E-state index in [0.717, 1.165) is 30.4 Å². The minimum Gasteiger partial charge on any atom is -0.351 e. The fourth-order valence-corrected chi connectivity index (χ4v) is 2.59. The Kier molecular flexibility index (Phi) is 3.81. The lowest BCUT2D eigenvalue weighted by atomic mass is 9.92. The van der Waals surface area contributed by atoms with Gasteiger partial charge in [0.1, 0.15) is 5.82 Å². The van der Waals surface area contributed by atoms with E-state index in [0.29, 0.717) is 6.54 Å². The van der Waals surface area contributed by atoms with Crippen LogP contribution in [0.4, 0.5) is 9.18 Å². The fourth-order valence-electron chi connectivity index (χ4n) is 2.59. The number of nitrogens with two attached hydrogens (primary N) is 2. The molecule has 18 heavy (non-hydrogen) atoms. The second-order valence-electron chi connectivity index (χ2n) is 4.59. The predicted molar refractivity (Wildman–Crippen MR) is 67.2 cm³/mol. The van der Waals surface area contributed by atoms with Crippen LogP contribution >= 0.6 is 0 Å². The van der Waals surface area contributed by atoms with Crippen LogP contribution in [0.5, 0.6) is 0 Å². The van der Waals surface area contributed by atoms with E-state index in [1.54, 1.807) is 11.0 Å². The molecule has 1 aliphatic heterocycles. The number of amides is 2. The Morgan fingerprint density at radius 2 is 2.22 bits per heavy atom. The molecule has 5 heteroatoms. The molecule has 2 rings (SSSR count). The van der Waals surface area contributed by atoms with Crippen LogP contribution in [-0.2, 0) is 6.54 Å². The number of carbonyl (C=O) groups excluding carboxylic acids is 1. The molecule has 0 radical (unpaired) electrons. The van der Waals surface area contributed by atoms with Crippen LogP contribution in [0.1, 0.15) is 36.4 Å². The lowest BCUT2D eigenvalue weighted by Crippen LogP contribution is -2.42. The highest BCUT2D eigenvalue weighted by atomic mass is 19.1. The molecule has 0 bridgehead atoms. The van der Waals surface area contributed by atoms with E-state index >= 15 is 0 Å². The first-order valence-corrected chi connectivity index (χ1v) is 6.18. The molecule has 1 fully saturated rings. The number of hydrogen-bond donors (Lipinski definition) is 2. The quantitative estimate of drug-likeness (QED) is 0.842. The van der Waals surface area contributed by atoms with Crippen molar-refractivity contribution < 1.29 is 9.18 Å². The predicted octanol–water partition coefficient (Wildman–Crippen LogP) is 1.89. The number of piperidine rings is 1. The van der Waals surface area contributed by atoms with E-state index in [4.69, 9.17) is 11.5 Å². The first kappa shape index (κ1) is 12.8. The number of primary amides is 1. The normalized spacial score (nSPS) is 19.9. The van der Waals surface area contributed by atoms with Crippen LogP contribution in [0.2, 0.25) is 0 Å². The largest absolute Gasteiger partial charge is 0.351 e. The third-order valence-corrected chi connectivity index (χ3v) is 3.47. The van der Waals surface area contributed by atoms with Crippen LogP contribution < -0.4 is 11.5 Å². The Labute approximate surface area is 106 Å². The smallest absolute Gasteiger partial charge is 0.315 e. The highest BCUT2D eigenvalue weighted by Gasteiger charge is 2.27. The summed E-state index contributed by atoms with van der Waals surface area (Å²) >= 11 is 0. The summed E-state index contributed by atoms with van der Waals surface area (Å²) in [6.07, 6.45) is 2.84. The summed E-state index contributed by atoms with van der Waals surface area (Å²) in [5.74, 6) is -0.305. The molecule has 4 N–H and O–H groups in total. The SMILES string of the molecule is NCc1cc(F)ccc1C1CCCCN1C(N)=O. The first-order valence-electron chi connectivity index (χ1n) is 6.18. The van der Waals surface area contributed by atoms with Gasteiger partial charge in [-0.2, -0.15) is 0 Å². The number of benzene rings is 1. The molecule has 1 aliphatic rings. The van der Waals surface area contributed by atoms with Crippen molar-refractivity contribution in [1.29, 1.82) is 0 Å². The topological polar surface area (TPSA) is 72.3 Å². The van der Waals surface area contributed by atoms with Crippen LogP contribution in [0.15, 0.2) is 18.2 Å². The fraction of sp³-hybridized carbons (Fsp3) is 0.462. The molecule has 1 aromatic carbocycles. The minimum atomic E-state index is -0.424. The number of likely N-dealkylation sites (tertiary alicyclic amines) is 1. The molecule has 0 saturated carbocycles. The molecule has 1 saturated heterocycles. The van der Waals surface area contributed by atoms with Crippen molar-refractivity contribution in [2.45, 2.75) is 31.8 Å². The molecule has 0 aliphatic carbocycles. The van der Waals surface area contributed by atoms with Gasteiger partial charge in [0, 0.05) is 13.1 Å². The molecule has 1 aromatic rings. The number of hydrogen-bond acceptors (Lipinski definition) is 2. The summed E-state index contributed by atoms with van der Waals surface area (Å²) in [6.45, 7) is 0.914. The lowest BCUT2D eigenvalue weighted by molar-refractivity contribution is 0.159. The van der Waals surface area contributed by atoms with E-state index in [1.807, 2.05) is 0 Å². The van der Waals surface area contributed by atoms with Crippen LogP contribution in [0, 0.1) is 5.82 Å². The Hall–Kier alpha value is -1.62. The standard InChI is InChI=1S/C13H18FN3O/c14-10-4-5-11(9(7-10)8-15)12-3-1-2-6-17(12)13(16)18/h4-5,7,12H,1-3,6,8,15H2,(H2,16,18). The average molecular weight is 251 g/mol. The highest BCUT2D eigenvalue weighted by molar-refractivity contribution is 5.72. The second-order valence-corrected chi connectivity index (χ2v) is 4.59. The van der Waals surface area contributed by atoms with Gasteiger partial charge in [0.2, 0.25) is 0 Å². The summed E-state index contributed by atoms with van der Waals surface area (Å²) in [5.41, 5.74) is 12.7. The number of nitrogens with zero attached hydrogens (tertiary/aromatic N) is 1. The lowest BCUT2D eigenvalue weighted by Gasteiger charge is -2.35. The molecule has 1 heterocycles. The number of rotatable bonds is 2. The molecule has 0 spiro atoms. The Morgan fingerprint density at radius 3 is 2.89 bits per heavy atom. The van der Waals surface area contributed by atoms with Gasteiger partial charge in [0.15, 0.2) is 0 Å². The third kappa shape index (κ3) is 2.46. The van der Waals surface area contributed by atoms with Crippen molar-refractivity contribution in [3.05, 3.63) is 35.1 Å². The van der Waals surface area contributed by atoms with Crippen molar-refractivity contribution in [2.75, 3.05) is 6.54 Å². The molecule has 2 amide bonds. The number of urea groups is 1. The van der Waals surface area contributed by atoms with Crippen molar-refractivity contribution in [2.24, 2.45) is 11.5 Å². The Balaban J connectivity index is 2.36. The third-order valence-electron chi connectivity index (χ3n) is 3.47. The van der Waals surface area contributed by atoms with Crippen molar-refractivity contribution >= 4 is 6.03 Å². The van der Waals surface area contributed by atoms with Crippen LogP contribution in [-0.4, -0.2) is 17.5 Å². The van der Waals surface area contributed by atoms with Crippen LogP contribution in [0.3, 0.4) is 0 Å². The zero-order valence-corrected chi connectivity index (χ0v) is 10.2. The highest BCUT2D eigenvalue weighted by Crippen LogP contribution is 2.32. The van der Waals surface area contributed by atoms with Crippen molar-refractivity contribution in [3.63, 3.8) is 0 Å². The van der Waals surface area contributed by atoms with Gasteiger partial charge >= 0.3 is 6.03 Å². The van der Waals surface area contributed by atoms with Gasteiger partial charge in [-0.1, -0.05) is 6.07 Å². The minimum absolute atomic E-state index is 0.0737. The van der Waals surface area contributed by atoms with Crippen molar-refractivity contribution in [1.82, 2.24) is 4.90 Å². The molecule has 1 atom stereocenters. The Morgan fingerprint density at radius 1 is 1.44 bits per heavy atom. The summed E-state index contributed by atoms with van der Waals surface area (Å²) in [7, 11) is 0. The Bertz CT molecular complexity index is 450. The van der Waals surface area contributed by atoms with E-state index in [9.17, 15) is 9.18 Å². The summed E-state index contributed by atoms with van der Waals surface area (Å²) in [4.78, 5) is 13.1. The number of halogens is 1. The average Bonchev–Trinajstić information content (AvgIpc) is 2.38. The van der Waals surface area contributed by atoms with Gasteiger partial charge in [-0.25, -0.2) is 9.18 Å². The maximum absolute atomic E-state index is 13.2. The zero-order chi connectivity index (χ0) is 13.1. The van der Waals surface area contributed by atoms with Gasteiger partial charge < -0.3 is 16.4 Å². The molecular formula is C13H18FN3O. The maximum Gasteiger partial charge on any atom is 0.315 e. The van der Waals surface area contributed by atoms with E-state index in [1.165, 1.54) is 12.1 Å². The van der Waals surface area contributed by atoms with Gasteiger partial charge in [-0.15, -0.1) is 0 Å². The van der Waals surface area contributed by atoms with E-state index in [-0.39, 0.29) is 18.4 Å². The second kappa shape index (κ2) is 5.35. The van der Waals surface area contributed by atoms with Gasteiger partial charge in [-0.05, 0) is 42.5 Å². The van der Waals surface area contributed by atoms with Crippen LogP contribution in [0.25, 0.3) is 0 Å². The maximum atomic E-state index is 13.2. The molecule has 1 unspecified atom stereocenters. The number of carbonyl (C=O) groups is 1. The summed E-state index contributed by atoms with van der Waals surface area (Å²) in [5, 5.41) is 0. The zero-order valence-electron chi connectivity index (χ0n) is 10.2. The van der Waals surface area contributed by atoms with Gasteiger partial charge in [0.25, 0.3) is 0 Å². The first-order chi connectivity index (χ1) is 8.63. The molecule has 0 aromatic heterocycles. The van der Waals surface area contributed by atoms with Gasteiger partial charge in [0.05, 0.1) is 6.04 Å².